The van der Waals surface area contributed by atoms with E-state index < -0.39 is 0 Å². The molecule has 2 aliphatic carbocycles. The Morgan fingerprint density at radius 2 is 2.17 bits per heavy atom. The minimum atomic E-state index is -0.319. The summed E-state index contributed by atoms with van der Waals surface area (Å²) in [6, 6.07) is -0.171. The first-order valence-electron chi connectivity index (χ1n) is 8.91. The number of thiazole rings is 1. The number of aromatic nitrogens is 1. The number of amides is 3. The molecule has 130 valence electrons. The van der Waals surface area contributed by atoms with Crippen LogP contribution < -0.4 is 11.1 Å². The predicted molar refractivity (Wildman–Crippen MR) is 92.8 cm³/mol. The number of carbonyl (C=O) groups is 2. The number of piperidine rings is 1. The van der Waals surface area contributed by atoms with Crippen LogP contribution in [0.4, 0.5) is 9.93 Å². The van der Waals surface area contributed by atoms with Gasteiger partial charge in [-0.25, -0.2) is 9.78 Å². The Labute approximate surface area is 145 Å². The number of rotatable bonds is 3. The molecule has 3 fully saturated rings. The second-order valence-electron chi connectivity index (χ2n) is 7.48. The molecule has 0 radical (unpaired) electrons. The molecule has 4 atom stereocenters. The molecule has 2 heterocycles. The van der Waals surface area contributed by atoms with Crippen LogP contribution in [0.5, 0.6) is 0 Å². The molecule has 2 saturated carbocycles. The topological polar surface area (TPSA) is 88.3 Å². The zero-order chi connectivity index (χ0) is 16.7. The van der Waals surface area contributed by atoms with Crippen molar-refractivity contribution in [2.45, 2.75) is 44.4 Å². The van der Waals surface area contributed by atoms with Crippen molar-refractivity contribution in [3.63, 3.8) is 0 Å². The molecule has 24 heavy (non-hydrogen) atoms. The standard InChI is InChI=1S/C17H24N4O2S/c18-15(22)12-2-1-5-21(8-12)17(23)20-16-19-14(9-24-16)13-7-10-3-4-11(13)6-10/h9-13H,1-8H2,(H2,18,22)(H,19,20,23)/t10-,11-,12-,13+/m0/s1. The number of primary amides is 1. The number of likely N-dealkylation sites (tertiary alicyclic amines) is 1. The highest BCUT2D eigenvalue weighted by Gasteiger charge is 2.41. The van der Waals surface area contributed by atoms with Crippen LogP contribution in [0.3, 0.4) is 0 Å². The number of carbonyl (C=O) groups excluding carboxylic acids is 2. The Hall–Kier alpha value is -1.63. The maximum absolute atomic E-state index is 12.4. The lowest BCUT2D eigenvalue weighted by Crippen LogP contribution is -2.45. The maximum atomic E-state index is 12.4. The van der Waals surface area contributed by atoms with E-state index >= 15 is 0 Å². The Morgan fingerprint density at radius 1 is 1.29 bits per heavy atom. The van der Waals surface area contributed by atoms with Gasteiger partial charge in [0.05, 0.1) is 11.6 Å². The highest BCUT2D eigenvalue weighted by molar-refractivity contribution is 7.13. The minimum absolute atomic E-state index is 0.171. The number of nitrogens with one attached hydrogen (secondary N) is 1. The summed E-state index contributed by atoms with van der Waals surface area (Å²) in [7, 11) is 0. The van der Waals surface area contributed by atoms with E-state index in [4.69, 9.17) is 5.73 Å². The van der Waals surface area contributed by atoms with Crippen molar-refractivity contribution in [1.82, 2.24) is 9.88 Å². The van der Waals surface area contributed by atoms with Gasteiger partial charge in [-0.15, -0.1) is 11.3 Å². The Bertz CT molecular complexity index is 646. The third-order valence-electron chi connectivity index (χ3n) is 5.96. The molecule has 4 rings (SSSR count). The van der Waals surface area contributed by atoms with Crippen LogP contribution in [-0.2, 0) is 4.79 Å². The summed E-state index contributed by atoms with van der Waals surface area (Å²) in [6.07, 6.45) is 6.90. The molecule has 3 N–H and O–H groups in total. The summed E-state index contributed by atoms with van der Waals surface area (Å²) in [6.45, 7) is 1.08. The molecule has 1 saturated heterocycles. The second kappa shape index (κ2) is 6.35. The van der Waals surface area contributed by atoms with Gasteiger partial charge in [-0.1, -0.05) is 6.42 Å². The average Bonchev–Trinajstić information content (AvgIpc) is 3.31. The molecule has 2 bridgehead atoms. The van der Waals surface area contributed by atoms with Crippen molar-refractivity contribution >= 4 is 28.4 Å². The van der Waals surface area contributed by atoms with Crippen LogP contribution in [0.15, 0.2) is 5.38 Å². The van der Waals surface area contributed by atoms with Crippen LogP contribution in [0.2, 0.25) is 0 Å². The monoisotopic (exact) mass is 348 g/mol. The van der Waals surface area contributed by atoms with Gasteiger partial charge >= 0.3 is 6.03 Å². The van der Waals surface area contributed by atoms with Crippen molar-refractivity contribution in [1.29, 1.82) is 0 Å². The molecule has 7 heteroatoms. The van der Waals surface area contributed by atoms with E-state index in [2.05, 4.69) is 15.7 Å². The first-order valence-corrected chi connectivity index (χ1v) is 9.79. The first-order chi connectivity index (χ1) is 11.6. The van der Waals surface area contributed by atoms with Gasteiger partial charge in [-0.05, 0) is 43.9 Å². The van der Waals surface area contributed by atoms with Gasteiger partial charge in [0.2, 0.25) is 5.91 Å². The fraction of sp³-hybridized carbons (Fsp3) is 0.706. The van der Waals surface area contributed by atoms with Crippen molar-refractivity contribution in [3.05, 3.63) is 11.1 Å². The summed E-state index contributed by atoms with van der Waals surface area (Å²) in [5.74, 6) is 1.71. The van der Waals surface area contributed by atoms with Crippen LogP contribution >= 0.6 is 11.3 Å². The predicted octanol–water partition coefficient (Wildman–Crippen LogP) is 2.78. The fourth-order valence-electron chi connectivity index (χ4n) is 4.69. The highest BCUT2D eigenvalue weighted by Crippen LogP contribution is 2.52. The summed E-state index contributed by atoms with van der Waals surface area (Å²) in [5.41, 5.74) is 6.53. The Kier molecular flexibility index (Phi) is 4.20. The molecular weight excluding hydrogens is 324 g/mol. The molecule has 0 unspecified atom stereocenters. The average molecular weight is 348 g/mol. The van der Waals surface area contributed by atoms with E-state index in [1.54, 1.807) is 4.90 Å². The zero-order valence-electron chi connectivity index (χ0n) is 13.7. The van der Waals surface area contributed by atoms with Gasteiger partial charge in [0.1, 0.15) is 0 Å². The van der Waals surface area contributed by atoms with E-state index in [1.165, 1.54) is 37.0 Å². The van der Waals surface area contributed by atoms with E-state index in [-0.39, 0.29) is 17.9 Å². The molecule has 1 aliphatic heterocycles. The number of hydrogen-bond donors (Lipinski definition) is 2. The highest BCUT2D eigenvalue weighted by atomic mass is 32.1. The van der Waals surface area contributed by atoms with Crippen molar-refractivity contribution < 1.29 is 9.59 Å². The molecule has 6 nitrogen and oxygen atoms in total. The first kappa shape index (κ1) is 15.9. The molecule has 3 amide bonds. The third-order valence-corrected chi connectivity index (χ3v) is 6.74. The van der Waals surface area contributed by atoms with Gasteiger partial charge < -0.3 is 10.6 Å². The molecule has 0 spiro atoms. The Morgan fingerprint density at radius 3 is 2.88 bits per heavy atom. The number of nitrogens with zero attached hydrogens (tertiary/aromatic N) is 2. The normalized spacial score (nSPS) is 32.1. The van der Waals surface area contributed by atoms with Gasteiger partial charge in [0, 0.05) is 24.4 Å². The van der Waals surface area contributed by atoms with Crippen molar-refractivity contribution in [2.24, 2.45) is 23.5 Å². The number of fused-ring (bicyclic) bond motifs is 2. The van der Waals surface area contributed by atoms with Gasteiger partial charge in [-0.3, -0.25) is 10.1 Å². The number of anilines is 1. The van der Waals surface area contributed by atoms with Crippen LogP contribution in [0.25, 0.3) is 0 Å². The quantitative estimate of drug-likeness (QED) is 0.880. The second-order valence-corrected chi connectivity index (χ2v) is 8.33. The lowest BCUT2D eigenvalue weighted by Gasteiger charge is -2.30. The van der Waals surface area contributed by atoms with E-state index in [0.29, 0.717) is 24.1 Å². The number of urea groups is 1. The third kappa shape index (κ3) is 3.01. The summed E-state index contributed by atoms with van der Waals surface area (Å²) < 4.78 is 0. The number of hydrogen-bond acceptors (Lipinski definition) is 4. The van der Waals surface area contributed by atoms with Crippen molar-refractivity contribution in [2.75, 3.05) is 18.4 Å². The molecular formula is C17H24N4O2S. The van der Waals surface area contributed by atoms with E-state index in [1.807, 2.05) is 0 Å². The Balaban J connectivity index is 1.37. The van der Waals surface area contributed by atoms with Gasteiger partial charge in [0.25, 0.3) is 0 Å². The summed E-state index contributed by atoms with van der Waals surface area (Å²) >= 11 is 1.50. The minimum Gasteiger partial charge on any atom is -0.369 e. The SMILES string of the molecule is NC(=O)[C@H]1CCCN(C(=O)Nc2nc([C@@H]3C[C@H]4CC[C@H]3C4)cs2)C1. The summed E-state index contributed by atoms with van der Waals surface area (Å²) in [4.78, 5) is 30.1. The number of nitrogens with two attached hydrogens (primary N) is 1. The van der Waals surface area contributed by atoms with Crippen LogP contribution in [-0.4, -0.2) is 34.9 Å². The molecule has 0 aromatic carbocycles. The molecule has 3 aliphatic rings. The van der Waals surface area contributed by atoms with Crippen molar-refractivity contribution in [3.8, 4) is 0 Å². The largest absolute Gasteiger partial charge is 0.369 e. The summed E-state index contributed by atoms with van der Waals surface area (Å²) in [5, 5.41) is 5.67. The zero-order valence-corrected chi connectivity index (χ0v) is 14.6. The van der Waals surface area contributed by atoms with Gasteiger partial charge in [0.15, 0.2) is 5.13 Å². The molecule has 1 aromatic heterocycles. The van der Waals surface area contributed by atoms with E-state index in [0.717, 1.165) is 30.4 Å². The van der Waals surface area contributed by atoms with Gasteiger partial charge in [-0.2, -0.15) is 0 Å². The molecule has 1 aromatic rings. The van der Waals surface area contributed by atoms with E-state index in [9.17, 15) is 9.59 Å². The fourth-order valence-corrected chi connectivity index (χ4v) is 5.45. The maximum Gasteiger partial charge on any atom is 0.323 e. The lowest BCUT2D eigenvalue weighted by molar-refractivity contribution is -0.123. The smallest absolute Gasteiger partial charge is 0.323 e. The van der Waals surface area contributed by atoms with Crippen LogP contribution in [0.1, 0.15) is 50.1 Å². The lowest BCUT2D eigenvalue weighted by atomic mass is 9.87. The van der Waals surface area contributed by atoms with Crippen LogP contribution in [0, 0.1) is 17.8 Å².